The molecule has 3 nitrogen and oxygen atoms in total. The standard InChI is InChI=1S/C16H14BrN3/c1-2-5-19-16-12(9-18)7-11-6-10-8-13(17)3-4-14(10)15(11)20-16/h3-4,7-8H,2,5-6H2,1H3,(H,19,20). The van der Waals surface area contributed by atoms with Crippen LogP contribution in [-0.2, 0) is 6.42 Å². The number of nitriles is 1. The normalized spacial score (nSPS) is 11.7. The van der Waals surface area contributed by atoms with Crippen LogP contribution >= 0.6 is 15.9 Å². The largest absolute Gasteiger partial charge is 0.369 e. The van der Waals surface area contributed by atoms with E-state index in [4.69, 9.17) is 0 Å². The Morgan fingerprint density at radius 1 is 1.35 bits per heavy atom. The van der Waals surface area contributed by atoms with Crippen molar-refractivity contribution in [2.45, 2.75) is 19.8 Å². The van der Waals surface area contributed by atoms with E-state index >= 15 is 0 Å². The molecule has 1 aliphatic rings. The Bertz CT molecular complexity index is 716. The van der Waals surface area contributed by atoms with Gasteiger partial charge < -0.3 is 5.32 Å². The average Bonchev–Trinajstić information content (AvgIpc) is 2.80. The number of pyridine rings is 1. The number of rotatable bonds is 3. The van der Waals surface area contributed by atoms with Crippen molar-refractivity contribution in [1.29, 1.82) is 5.26 Å². The van der Waals surface area contributed by atoms with Gasteiger partial charge in [-0.05, 0) is 35.7 Å². The van der Waals surface area contributed by atoms with Crippen molar-refractivity contribution in [2.24, 2.45) is 0 Å². The summed E-state index contributed by atoms with van der Waals surface area (Å²) in [5.41, 5.74) is 5.21. The summed E-state index contributed by atoms with van der Waals surface area (Å²) in [7, 11) is 0. The zero-order chi connectivity index (χ0) is 14.1. The van der Waals surface area contributed by atoms with E-state index in [1.807, 2.05) is 12.1 Å². The van der Waals surface area contributed by atoms with Gasteiger partial charge in [0.25, 0.3) is 0 Å². The first-order valence-electron chi connectivity index (χ1n) is 6.69. The maximum absolute atomic E-state index is 9.27. The fraction of sp³-hybridized carbons (Fsp3) is 0.250. The molecule has 1 aliphatic carbocycles. The third kappa shape index (κ3) is 2.19. The molecule has 0 saturated heterocycles. The minimum atomic E-state index is 0.629. The molecule has 4 heteroatoms. The van der Waals surface area contributed by atoms with Crippen LogP contribution in [0.4, 0.5) is 5.82 Å². The third-order valence-corrected chi connectivity index (χ3v) is 3.96. The Hall–Kier alpha value is -1.86. The van der Waals surface area contributed by atoms with Crippen molar-refractivity contribution in [1.82, 2.24) is 4.98 Å². The van der Waals surface area contributed by atoms with E-state index in [2.05, 4.69) is 51.4 Å². The molecule has 0 bridgehead atoms. The van der Waals surface area contributed by atoms with E-state index in [1.54, 1.807) is 0 Å². The number of fused-ring (bicyclic) bond motifs is 3. The summed E-state index contributed by atoms with van der Waals surface area (Å²) in [4.78, 5) is 4.68. The first-order valence-corrected chi connectivity index (χ1v) is 7.49. The number of nitrogens with one attached hydrogen (secondary N) is 1. The number of hydrogen-bond donors (Lipinski definition) is 1. The van der Waals surface area contributed by atoms with Crippen molar-refractivity contribution in [3.05, 3.63) is 45.4 Å². The highest BCUT2D eigenvalue weighted by atomic mass is 79.9. The van der Waals surface area contributed by atoms with E-state index in [1.165, 1.54) is 11.1 Å². The first-order chi connectivity index (χ1) is 9.72. The van der Waals surface area contributed by atoms with Gasteiger partial charge in [0.05, 0.1) is 11.3 Å². The molecular weight excluding hydrogens is 314 g/mol. The molecule has 0 spiro atoms. The molecular formula is C16H14BrN3. The van der Waals surface area contributed by atoms with Gasteiger partial charge in [-0.1, -0.05) is 28.9 Å². The zero-order valence-corrected chi connectivity index (χ0v) is 12.8. The van der Waals surface area contributed by atoms with E-state index in [9.17, 15) is 5.26 Å². The molecule has 1 aromatic heterocycles. The van der Waals surface area contributed by atoms with E-state index in [-0.39, 0.29) is 0 Å². The third-order valence-electron chi connectivity index (χ3n) is 3.47. The lowest BCUT2D eigenvalue weighted by Gasteiger charge is -2.09. The molecule has 1 aromatic carbocycles. The minimum Gasteiger partial charge on any atom is -0.369 e. The van der Waals surface area contributed by atoms with Gasteiger partial charge >= 0.3 is 0 Å². The number of hydrogen-bond acceptors (Lipinski definition) is 3. The predicted molar refractivity (Wildman–Crippen MR) is 83.7 cm³/mol. The van der Waals surface area contributed by atoms with Crippen molar-refractivity contribution >= 4 is 21.7 Å². The highest BCUT2D eigenvalue weighted by Crippen LogP contribution is 2.38. The van der Waals surface area contributed by atoms with Crippen molar-refractivity contribution in [2.75, 3.05) is 11.9 Å². The topological polar surface area (TPSA) is 48.7 Å². The van der Waals surface area contributed by atoms with Crippen molar-refractivity contribution in [3.8, 4) is 17.3 Å². The fourth-order valence-corrected chi connectivity index (χ4v) is 2.94. The molecule has 20 heavy (non-hydrogen) atoms. The Morgan fingerprint density at radius 2 is 2.20 bits per heavy atom. The van der Waals surface area contributed by atoms with Crippen LogP contribution in [0.5, 0.6) is 0 Å². The SMILES string of the molecule is CCCNc1nc2c(cc1C#N)Cc1cc(Br)ccc1-2. The molecule has 2 aromatic rings. The minimum absolute atomic E-state index is 0.629. The van der Waals surface area contributed by atoms with E-state index in [0.717, 1.165) is 35.1 Å². The second-order valence-corrected chi connectivity index (χ2v) is 5.82. The van der Waals surface area contributed by atoms with Crippen molar-refractivity contribution in [3.63, 3.8) is 0 Å². The molecule has 3 rings (SSSR count). The molecule has 0 radical (unpaired) electrons. The van der Waals surface area contributed by atoms with Gasteiger partial charge in [-0.2, -0.15) is 5.26 Å². The Labute approximate surface area is 126 Å². The Morgan fingerprint density at radius 3 is 2.95 bits per heavy atom. The van der Waals surface area contributed by atoms with Crippen LogP contribution in [0.2, 0.25) is 0 Å². The van der Waals surface area contributed by atoms with Gasteiger partial charge in [0, 0.05) is 23.0 Å². The van der Waals surface area contributed by atoms with Crippen LogP contribution in [0.25, 0.3) is 11.3 Å². The first kappa shape index (κ1) is 13.1. The van der Waals surface area contributed by atoms with Crippen LogP contribution in [0.1, 0.15) is 30.0 Å². The number of benzene rings is 1. The second kappa shape index (κ2) is 5.26. The van der Waals surface area contributed by atoms with Crippen molar-refractivity contribution < 1.29 is 0 Å². The highest BCUT2D eigenvalue weighted by Gasteiger charge is 2.22. The summed E-state index contributed by atoms with van der Waals surface area (Å²) in [6.45, 7) is 2.92. The molecule has 0 amide bonds. The van der Waals surface area contributed by atoms with E-state index in [0.29, 0.717) is 11.4 Å². The predicted octanol–water partition coefficient (Wildman–Crippen LogP) is 4.11. The van der Waals surface area contributed by atoms with E-state index < -0.39 is 0 Å². The summed E-state index contributed by atoms with van der Waals surface area (Å²) in [6, 6.07) is 10.5. The fourth-order valence-electron chi connectivity index (χ4n) is 2.53. The van der Waals surface area contributed by atoms with Gasteiger partial charge in [0.1, 0.15) is 11.9 Å². The van der Waals surface area contributed by atoms with Crippen LogP contribution in [0, 0.1) is 11.3 Å². The van der Waals surface area contributed by atoms with Gasteiger partial charge in [-0.15, -0.1) is 0 Å². The molecule has 1 heterocycles. The maximum atomic E-state index is 9.27. The van der Waals surface area contributed by atoms with Crippen LogP contribution in [0.15, 0.2) is 28.7 Å². The van der Waals surface area contributed by atoms with Gasteiger partial charge in [-0.25, -0.2) is 4.98 Å². The Balaban J connectivity index is 2.09. The number of halogens is 1. The smallest absolute Gasteiger partial charge is 0.144 e. The average molecular weight is 328 g/mol. The monoisotopic (exact) mass is 327 g/mol. The molecule has 0 fully saturated rings. The lowest BCUT2D eigenvalue weighted by molar-refractivity contribution is 0.968. The molecule has 100 valence electrons. The maximum Gasteiger partial charge on any atom is 0.144 e. The number of aromatic nitrogens is 1. The second-order valence-electron chi connectivity index (χ2n) is 4.91. The quantitative estimate of drug-likeness (QED) is 0.787. The Kier molecular flexibility index (Phi) is 3.45. The summed E-state index contributed by atoms with van der Waals surface area (Å²) < 4.78 is 1.08. The molecule has 0 atom stereocenters. The molecule has 0 saturated carbocycles. The molecule has 0 unspecified atom stereocenters. The van der Waals surface area contributed by atoms with Gasteiger partial charge in [0.15, 0.2) is 0 Å². The lowest BCUT2D eigenvalue weighted by atomic mass is 10.1. The summed E-state index contributed by atoms with van der Waals surface area (Å²) in [6.07, 6.45) is 1.85. The van der Waals surface area contributed by atoms with Crippen LogP contribution in [0.3, 0.4) is 0 Å². The van der Waals surface area contributed by atoms with Gasteiger partial charge in [0.2, 0.25) is 0 Å². The number of nitrogens with zero attached hydrogens (tertiary/aromatic N) is 2. The lowest BCUT2D eigenvalue weighted by Crippen LogP contribution is -2.05. The molecule has 1 N–H and O–H groups in total. The summed E-state index contributed by atoms with van der Waals surface area (Å²) in [5, 5.41) is 12.5. The van der Waals surface area contributed by atoms with Gasteiger partial charge in [-0.3, -0.25) is 0 Å². The summed E-state index contributed by atoms with van der Waals surface area (Å²) >= 11 is 3.50. The summed E-state index contributed by atoms with van der Waals surface area (Å²) in [5.74, 6) is 0.698. The zero-order valence-electron chi connectivity index (χ0n) is 11.2. The highest BCUT2D eigenvalue weighted by molar-refractivity contribution is 9.10. The van der Waals surface area contributed by atoms with Crippen LogP contribution in [-0.4, -0.2) is 11.5 Å². The number of anilines is 1. The molecule has 0 aliphatic heterocycles. The van der Waals surface area contributed by atoms with Crippen LogP contribution < -0.4 is 5.32 Å².